The van der Waals surface area contributed by atoms with E-state index >= 15 is 0 Å². The number of halogens is 1. The van der Waals surface area contributed by atoms with Crippen molar-refractivity contribution in [1.82, 2.24) is 25.8 Å². The second-order valence-electron chi connectivity index (χ2n) is 12.0. The number of carbonyl (C=O) groups is 5. The number of benzene rings is 3. The van der Waals surface area contributed by atoms with Crippen molar-refractivity contribution in [3.05, 3.63) is 95.0 Å². The van der Waals surface area contributed by atoms with Crippen molar-refractivity contribution in [2.75, 3.05) is 39.9 Å². The van der Waals surface area contributed by atoms with Gasteiger partial charge in [0.05, 0.1) is 31.1 Å². The summed E-state index contributed by atoms with van der Waals surface area (Å²) in [6, 6.07) is 20.4. The van der Waals surface area contributed by atoms with Gasteiger partial charge in [0.2, 0.25) is 23.6 Å². The summed E-state index contributed by atoms with van der Waals surface area (Å²) in [6.45, 7) is 0.339. The van der Waals surface area contributed by atoms with Crippen LogP contribution in [0, 0.1) is 0 Å². The molecule has 12 nitrogen and oxygen atoms in total. The van der Waals surface area contributed by atoms with Crippen LogP contribution in [0.25, 0.3) is 0 Å². The maximum absolute atomic E-state index is 13.7. The molecule has 5 rings (SSSR count). The summed E-state index contributed by atoms with van der Waals surface area (Å²) in [4.78, 5) is 70.3. The van der Waals surface area contributed by atoms with Crippen molar-refractivity contribution in [3.63, 3.8) is 0 Å². The highest BCUT2D eigenvalue weighted by atomic mass is 35.5. The van der Waals surface area contributed by atoms with Gasteiger partial charge in [-0.3, -0.25) is 24.0 Å². The molecule has 49 heavy (non-hydrogen) atoms. The van der Waals surface area contributed by atoms with Crippen LogP contribution in [0.3, 0.4) is 0 Å². The number of ether oxygens (including phenoxy) is 2. The maximum atomic E-state index is 13.7. The molecule has 1 fully saturated rings. The largest absolute Gasteiger partial charge is 0.492 e. The second kappa shape index (κ2) is 16.8. The molecule has 13 heteroatoms. The first-order valence-electron chi connectivity index (χ1n) is 16.2. The van der Waals surface area contributed by atoms with Gasteiger partial charge in [0, 0.05) is 18.6 Å². The molecule has 3 N–H and O–H groups in total. The van der Waals surface area contributed by atoms with Crippen LogP contribution in [-0.2, 0) is 25.6 Å². The second-order valence-corrected chi connectivity index (χ2v) is 12.5. The molecule has 0 unspecified atom stereocenters. The third-order valence-electron chi connectivity index (χ3n) is 8.36. The Labute approximate surface area is 290 Å². The number of amides is 5. The summed E-state index contributed by atoms with van der Waals surface area (Å²) >= 11 is 5.93. The molecular formula is C36H40ClN5O7. The lowest BCUT2D eigenvalue weighted by molar-refractivity contribution is -0.145. The molecule has 258 valence electrons. The first-order valence-corrected chi connectivity index (χ1v) is 16.6. The quantitative estimate of drug-likeness (QED) is 0.324. The van der Waals surface area contributed by atoms with Gasteiger partial charge in [0.25, 0.3) is 5.91 Å². The van der Waals surface area contributed by atoms with Gasteiger partial charge in [-0.15, -0.1) is 0 Å². The van der Waals surface area contributed by atoms with E-state index in [1.807, 2.05) is 30.3 Å². The van der Waals surface area contributed by atoms with Crippen LogP contribution in [0.5, 0.6) is 11.5 Å². The lowest BCUT2D eigenvalue weighted by Gasteiger charge is -2.29. The fourth-order valence-electron chi connectivity index (χ4n) is 5.90. The average molecular weight is 690 g/mol. The van der Waals surface area contributed by atoms with Crippen LogP contribution >= 0.6 is 11.6 Å². The van der Waals surface area contributed by atoms with Gasteiger partial charge in [-0.25, -0.2) is 0 Å². The fraction of sp³-hybridized carbons (Fsp3) is 0.361. The Bertz CT molecular complexity index is 1640. The monoisotopic (exact) mass is 689 g/mol. The number of fused-ring (bicyclic) bond motifs is 2. The molecule has 0 saturated carbocycles. The Morgan fingerprint density at radius 3 is 2.49 bits per heavy atom. The molecule has 1 saturated heterocycles. The normalized spacial score (nSPS) is 20.7. The minimum atomic E-state index is -1.26. The van der Waals surface area contributed by atoms with Crippen LogP contribution < -0.4 is 25.4 Å². The van der Waals surface area contributed by atoms with Crippen molar-refractivity contribution < 1.29 is 33.4 Å². The number of likely N-dealkylation sites (N-methyl/N-ethyl adjacent to an activating group) is 1. The summed E-state index contributed by atoms with van der Waals surface area (Å²) in [7, 11) is 1.53. The minimum Gasteiger partial charge on any atom is -0.492 e. The number of nitrogens with one attached hydrogen (secondary N) is 3. The summed E-state index contributed by atoms with van der Waals surface area (Å²) in [5.41, 5.74) is 1.12. The summed E-state index contributed by atoms with van der Waals surface area (Å²) < 4.78 is 11.8. The van der Waals surface area contributed by atoms with Gasteiger partial charge in [0.1, 0.15) is 36.8 Å². The molecule has 2 heterocycles. The van der Waals surface area contributed by atoms with Gasteiger partial charge in [-0.05, 0) is 61.2 Å². The van der Waals surface area contributed by atoms with Gasteiger partial charge >= 0.3 is 0 Å². The molecule has 0 bridgehead atoms. The topological polar surface area (TPSA) is 146 Å². The molecule has 3 aromatic rings. The van der Waals surface area contributed by atoms with Crippen LogP contribution in [0.1, 0.15) is 35.2 Å². The van der Waals surface area contributed by atoms with Crippen LogP contribution in [0.2, 0.25) is 5.02 Å². The summed E-state index contributed by atoms with van der Waals surface area (Å²) in [5.74, 6) is -1.63. The number of hydrogen-bond acceptors (Lipinski definition) is 7. The average Bonchev–Trinajstić information content (AvgIpc) is 3.59. The Balaban J connectivity index is 1.38. The molecular weight excluding hydrogens is 650 g/mol. The predicted octanol–water partition coefficient (Wildman–Crippen LogP) is 2.59. The fourth-order valence-corrected chi connectivity index (χ4v) is 6.02. The van der Waals surface area contributed by atoms with Gasteiger partial charge in [0.15, 0.2) is 0 Å². The molecule has 3 aromatic carbocycles. The van der Waals surface area contributed by atoms with Crippen molar-refractivity contribution in [1.29, 1.82) is 0 Å². The van der Waals surface area contributed by atoms with E-state index in [4.69, 9.17) is 21.1 Å². The molecule has 0 spiro atoms. The SMILES string of the molecule is CN1CC(=O)N[C@H](Cc2ccccc2)COc2ccccc2C(=O)N[C@H](C(=O)NCCOc2ccc(Cl)cc2)CC(=O)N2CCC[C@@H]2C1=O. The van der Waals surface area contributed by atoms with E-state index in [-0.39, 0.29) is 55.9 Å². The number of para-hydroxylation sites is 1. The molecule has 2 aliphatic rings. The third kappa shape index (κ3) is 9.73. The number of hydrogen-bond donors (Lipinski definition) is 3. The van der Waals surface area contributed by atoms with E-state index in [0.717, 1.165) is 5.56 Å². The van der Waals surface area contributed by atoms with Gasteiger partial charge in [-0.2, -0.15) is 0 Å². The van der Waals surface area contributed by atoms with E-state index in [2.05, 4.69) is 16.0 Å². The van der Waals surface area contributed by atoms with E-state index in [1.165, 1.54) is 16.8 Å². The first kappa shape index (κ1) is 35.2. The van der Waals surface area contributed by atoms with E-state index in [0.29, 0.717) is 36.6 Å². The zero-order valence-corrected chi connectivity index (χ0v) is 28.0. The Hall–Kier alpha value is -5.10. The number of rotatable bonds is 7. The van der Waals surface area contributed by atoms with E-state index in [9.17, 15) is 24.0 Å². The highest BCUT2D eigenvalue weighted by molar-refractivity contribution is 6.30. The molecule has 5 amide bonds. The standard InChI is InChI=1S/C36H40ClN5O7/c1-41-22-32(43)39-26(20-24-8-3-2-4-9-24)23-49-31-12-6-5-10-28(31)34(45)40-29(21-33(44)42-18-7-11-30(42)36(41)47)35(46)38-17-19-48-27-15-13-25(37)14-16-27/h2-6,8-10,12-16,26,29-30H,7,11,17-23H2,1H3,(H,38,46)(H,39,43)(H,40,45)/t26-,29+,30-/m1/s1. The lowest BCUT2D eigenvalue weighted by Crippen LogP contribution is -2.53. The smallest absolute Gasteiger partial charge is 0.255 e. The maximum Gasteiger partial charge on any atom is 0.255 e. The molecule has 3 atom stereocenters. The highest BCUT2D eigenvalue weighted by Crippen LogP contribution is 2.23. The third-order valence-corrected chi connectivity index (χ3v) is 8.61. The lowest BCUT2D eigenvalue weighted by atomic mass is 10.1. The number of nitrogens with zero attached hydrogens (tertiary/aromatic N) is 2. The number of carbonyl (C=O) groups excluding carboxylic acids is 5. The first-order chi connectivity index (χ1) is 23.7. The Morgan fingerprint density at radius 2 is 1.71 bits per heavy atom. The van der Waals surface area contributed by atoms with Gasteiger partial charge in [-0.1, -0.05) is 54.1 Å². The Morgan fingerprint density at radius 1 is 0.980 bits per heavy atom. The molecule has 0 aromatic heterocycles. The minimum absolute atomic E-state index is 0.0228. The van der Waals surface area contributed by atoms with Gasteiger partial charge < -0.3 is 35.2 Å². The zero-order valence-electron chi connectivity index (χ0n) is 27.2. The zero-order chi connectivity index (χ0) is 34.8. The van der Waals surface area contributed by atoms with Crippen LogP contribution in [-0.4, -0.2) is 97.4 Å². The highest BCUT2D eigenvalue weighted by Gasteiger charge is 2.38. The molecule has 0 radical (unpaired) electrons. The van der Waals surface area contributed by atoms with Crippen LogP contribution in [0.4, 0.5) is 0 Å². The predicted molar refractivity (Wildman–Crippen MR) is 182 cm³/mol. The molecule has 2 aliphatic heterocycles. The van der Waals surface area contributed by atoms with Crippen molar-refractivity contribution in [2.45, 2.75) is 43.8 Å². The summed E-state index contributed by atoms with van der Waals surface area (Å²) in [6.07, 6.45) is 1.05. The van der Waals surface area contributed by atoms with Crippen molar-refractivity contribution >= 4 is 41.1 Å². The molecule has 0 aliphatic carbocycles. The van der Waals surface area contributed by atoms with Crippen LogP contribution in [0.15, 0.2) is 78.9 Å². The summed E-state index contributed by atoms with van der Waals surface area (Å²) in [5, 5.41) is 9.00. The van der Waals surface area contributed by atoms with E-state index in [1.54, 1.807) is 48.5 Å². The van der Waals surface area contributed by atoms with E-state index < -0.39 is 35.8 Å². The van der Waals surface area contributed by atoms with Crippen molar-refractivity contribution in [2.24, 2.45) is 0 Å². The van der Waals surface area contributed by atoms with Crippen molar-refractivity contribution in [3.8, 4) is 11.5 Å². The Kier molecular flexibility index (Phi) is 12.1.